The van der Waals surface area contributed by atoms with Gasteiger partial charge in [-0.2, -0.15) is 5.10 Å². The Balaban J connectivity index is 0.000000490. The molecule has 0 aliphatic heterocycles. The van der Waals surface area contributed by atoms with E-state index in [2.05, 4.69) is 10.2 Å². The smallest absolute Gasteiger partial charge is 0.194 e. The first kappa shape index (κ1) is 9.00. The molecular weight excluding hydrogens is 149 g/mol. The molecule has 39 valence electrons. The van der Waals surface area contributed by atoms with Crippen molar-refractivity contribution in [1.29, 1.82) is 0 Å². The van der Waals surface area contributed by atoms with Gasteiger partial charge in [-0.15, -0.1) is 0 Å². The summed E-state index contributed by atoms with van der Waals surface area (Å²) in [5.41, 5.74) is 0. The number of hydrogen-bond acceptors (Lipinski definition) is 2. The van der Waals surface area contributed by atoms with Gasteiger partial charge in [0.25, 0.3) is 0 Å². The van der Waals surface area contributed by atoms with E-state index in [9.17, 15) is 0 Å². The van der Waals surface area contributed by atoms with Crippen LogP contribution in [0.3, 0.4) is 0 Å². The molecular formula is C3H5KN3S. The van der Waals surface area contributed by atoms with Crippen molar-refractivity contribution in [2.45, 2.75) is 0 Å². The van der Waals surface area contributed by atoms with E-state index >= 15 is 0 Å². The molecule has 1 radical (unpaired) electrons. The van der Waals surface area contributed by atoms with E-state index in [1.807, 2.05) is 7.05 Å². The topological polar surface area (TPSA) is 33.6 Å². The molecule has 0 aromatic carbocycles. The van der Waals surface area contributed by atoms with E-state index in [4.69, 9.17) is 12.2 Å². The summed E-state index contributed by atoms with van der Waals surface area (Å²) in [5, 5.41) is 6.25. The predicted molar refractivity (Wildman–Crippen MR) is 34.1 cm³/mol. The van der Waals surface area contributed by atoms with Crippen molar-refractivity contribution in [3.05, 3.63) is 11.1 Å². The summed E-state index contributed by atoms with van der Waals surface area (Å²) in [6.07, 6.45) is 1.63. The number of aromatic amines is 1. The van der Waals surface area contributed by atoms with Gasteiger partial charge in [-0.05, 0) is 12.2 Å². The Kier molecular flexibility index (Phi) is 4.40. The molecule has 8 heavy (non-hydrogen) atoms. The van der Waals surface area contributed by atoms with Crippen molar-refractivity contribution in [2.75, 3.05) is 0 Å². The maximum atomic E-state index is 4.73. The molecule has 5 heteroatoms. The van der Waals surface area contributed by atoms with Crippen LogP contribution in [0, 0.1) is 4.77 Å². The zero-order valence-corrected chi connectivity index (χ0v) is 8.82. The van der Waals surface area contributed by atoms with E-state index in [1.165, 1.54) is 0 Å². The first-order chi connectivity index (χ1) is 3.30. The average Bonchev–Trinajstić information content (AvgIpc) is 1.91. The van der Waals surface area contributed by atoms with Gasteiger partial charge in [0.15, 0.2) is 4.77 Å². The molecule has 1 aromatic rings. The molecule has 0 spiro atoms. The second kappa shape index (κ2) is 3.92. The summed E-state index contributed by atoms with van der Waals surface area (Å²) in [4.78, 5) is 0. The SMILES string of the molecule is Cn1cn[nH]c1=S.[K]. The third-order valence-corrected chi connectivity index (χ3v) is 1.09. The van der Waals surface area contributed by atoms with Crippen LogP contribution >= 0.6 is 12.2 Å². The minimum Gasteiger partial charge on any atom is -0.310 e. The maximum Gasteiger partial charge on any atom is 0.194 e. The van der Waals surface area contributed by atoms with Crippen LogP contribution in [0.25, 0.3) is 0 Å². The average molecular weight is 154 g/mol. The molecule has 1 aromatic heterocycles. The van der Waals surface area contributed by atoms with Gasteiger partial charge in [-0.3, -0.25) is 5.10 Å². The van der Waals surface area contributed by atoms with Gasteiger partial charge in [-0.1, -0.05) is 0 Å². The summed E-state index contributed by atoms with van der Waals surface area (Å²) in [7, 11) is 1.84. The fraction of sp³-hybridized carbons (Fsp3) is 0.333. The molecule has 0 amide bonds. The molecule has 1 heterocycles. The van der Waals surface area contributed by atoms with E-state index in [1.54, 1.807) is 10.9 Å². The number of aryl methyl sites for hydroxylation is 1. The molecule has 1 rings (SSSR count). The van der Waals surface area contributed by atoms with Crippen LogP contribution in [0.1, 0.15) is 0 Å². The Hall–Kier alpha value is 0.996. The Labute approximate surface area is 94.9 Å². The fourth-order valence-corrected chi connectivity index (χ4v) is 0.402. The molecule has 3 nitrogen and oxygen atoms in total. The molecule has 0 aliphatic rings. The molecule has 0 fully saturated rings. The van der Waals surface area contributed by atoms with Crippen LogP contribution in [0.5, 0.6) is 0 Å². The monoisotopic (exact) mass is 154 g/mol. The molecule has 0 atom stereocenters. The summed E-state index contributed by atoms with van der Waals surface area (Å²) >= 11 is 4.73. The Morgan fingerprint density at radius 2 is 2.50 bits per heavy atom. The standard InChI is InChI=1S/C3H5N3S.K/c1-6-2-4-5-3(6)7;/h2H,1H3,(H,5,7);. The molecule has 0 unspecified atom stereocenters. The Bertz CT molecular complexity index is 202. The van der Waals surface area contributed by atoms with Gasteiger partial charge < -0.3 is 4.57 Å². The first-order valence-electron chi connectivity index (χ1n) is 1.86. The zero-order chi connectivity index (χ0) is 5.28. The maximum absolute atomic E-state index is 4.73. The third kappa shape index (κ3) is 2.08. The van der Waals surface area contributed by atoms with Crippen LogP contribution in [0.15, 0.2) is 6.33 Å². The predicted octanol–water partition coefficient (Wildman–Crippen LogP) is 0.0969. The zero-order valence-electron chi connectivity index (χ0n) is 4.88. The van der Waals surface area contributed by atoms with E-state index in [0.717, 1.165) is 0 Å². The van der Waals surface area contributed by atoms with Gasteiger partial charge in [0, 0.05) is 58.4 Å². The van der Waals surface area contributed by atoms with Gasteiger partial charge in [-0.25, -0.2) is 0 Å². The van der Waals surface area contributed by atoms with Crippen molar-refractivity contribution < 1.29 is 0 Å². The summed E-state index contributed by atoms with van der Waals surface area (Å²) < 4.78 is 2.38. The van der Waals surface area contributed by atoms with Gasteiger partial charge in [0.2, 0.25) is 0 Å². The number of hydrogen-bond donors (Lipinski definition) is 1. The number of nitrogens with one attached hydrogen (secondary N) is 1. The first-order valence-corrected chi connectivity index (χ1v) is 2.27. The summed E-state index contributed by atoms with van der Waals surface area (Å²) in [6, 6.07) is 0. The van der Waals surface area contributed by atoms with Crippen molar-refractivity contribution in [1.82, 2.24) is 14.8 Å². The van der Waals surface area contributed by atoms with Gasteiger partial charge >= 0.3 is 0 Å². The van der Waals surface area contributed by atoms with Crippen LogP contribution < -0.4 is 0 Å². The largest absolute Gasteiger partial charge is 0.310 e. The third-order valence-electron chi connectivity index (χ3n) is 0.711. The van der Waals surface area contributed by atoms with Crippen LogP contribution in [-0.2, 0) is 7.05 Å². The second-order valence-electron chi connectivity index (χ2n) is 1.27. The molecule has 0 aliphatic carbocycles. The van der Waals surface area contributed by atoms with E-state index < -0.39 is 0 Å². The molecule has 0 saturated heterocycles. The Morgan fingerprint density at radius 3 is 2.62 bits per heavy atom. The quantitative estimate of drug-likeness (QED) is 0.424. The van der Waals surface area contributed by atoms with Crippen molar-refractivity contribution in [3.8, 4) is 0 Å². The number of aromatic nitrogens is 3. The minimum atomic E-state index is 0. The number of H-pyrrole nitrogens is 1. The Morgan fingerprint density at radius 1 is 1.88 bits per heavy atom. The van der Waals surface area contributed by atoms with Gasteiger partial charge in [0.1, 0.15) is 6.33 Å². The van der Waals surface area contributed by atoms with E-state index in [-0.39, 0.29) is 51.4 Å². The fourth-order valence-electron chi connectivity index (χ4n) is 0.302. The second-order valence-corrected chi connectivity index (χ2v) is 1.66. The summed E-state index contributed by atoms with van der Waals surface area (Å²) in [5.74, 6) is 0. The van der Waals surface area contributed by atoms with Crippen molar-refractivity contribution in [3.63, 3.8) is 0 Å². The van der Waals surface area contributed by atoms with Crippen LogP contribution in [-0.4, -0.2) is 66.1 Å². The van der Waals surface area contributed by atoms with E-state index in [0.29, 0.717) is 4.77 Å². The van der Waals surface area contributed by atoms with Gasteiger partial charge in [0.05, 0.1) is 0 Å². The van der Waals surface area contributed by atoms with Crippen LogP contribution in [0.4, 0.5) is 0 Å². The minimum absolute atomic E-state index is 0. The molecule has 0 bridgehead atoms. The van der Waals surface area contributed by atoms with Crippen molar-refractivity contribution >= 4 is 63.6 Å². The van der Waals surface area contributed by atoms with Crippen molar-refractivity contribution in [2.24, 2.45) is 7.05 Å². The van der Waals surface area contributed by atoms with Crippen LogP contribution in [0.2, 0.25) is 0 Å². The normalized spacial score (nSPS) is 8.12. The number of nitrogens with zero attached hydrogens (tertiary/aromatic N) is 2. The molecule has 1 N–H and O–H groups in total. The molecule has 0 saturated carbocycles. The summed E-state index contributed by atoms with van der Waals surface area (Å²) in [6.45, 7) is 0. The number of rotatable bonds is 0.